The minimum absolute atomic E-state index is 0.169. The lowest BCUT2D eigenvalue weighted by molar-refractivity contribution is -0.138. The number of amides is 1. The standard InChI is InChI=1S/C15H26N2O3/c1-16-9-4-5-12-11-17(10-8-13(12)16)14(18)6-2-3-7-15(19)20/h12-13H,2-11H2,1H3,(H,19,20). The average molecular weight is 282 g/mol. The topological polar surface area (TPSA) is 60.9 Å². The second kappa shape index (κ2) is 7.07. The number of piperidine rings is 2. The Labute approximate surface area is 120 Å². The van der Waals surface area contributed by atoms with Crippen LogP contribution >= 0.6 is 0 Å². The Morgan fingerprint density at radius 1 is 1.15 bits per heavy atom. The molecule has 0 aromatic rings. The van der Waals surface area contributed by atoms with Crippen LogP contribution in [0.15, 0.2) is 0 Å². The summed E-state index contributed by atoms with van der Waals surface area (Å²) in [7, 11) is 2.19. The molecule has 0 saturated carbocycles. The minimum atomic E-state index is -0.775. The molecule has 2 unspecified atom stereocenters. The van der Waals surface area contributed by atoms with Crippen LogP contribution in [0.25, 0.3) is 0 Å². The molecule has 0 spiro atoms. The van der Waals surface area contributed by atoms with E-state index in [-0.39, 0.29) is 12.3 Å². The second-order valence-corrected chi connectivity index (χ2v) is 6.18. The zero-order chi connectivity index (χ0) is 14.5. The quantitative estimate of drug-likeness (QED) is 0.778. The maximum atomic E-state index is 12.2. The van der Waals surface area contributed by atoms with Crippen LogP contribution < -0.4 is 0 Å². The Hall–Kier alpha value is -1.10. The molecule has 2 fully saturated rings. The fourth-order valence-corrected chi connectivity index (χ4v) is 3.59. The average Bonchev–Trinajstić information content (AvgIpc) is 2.43. The number of carbonyl (C=O) groups is 2. The van der Waals surface area contributed by atoms with Crippen LogP contribution in [-0.4, -0.2) is 59.5 Å². The number of hydrogen-bond acceptors (Lipinski definition) is 3. The lowest BCUT2D eigenvalue weighted by atomic mass is 9.84. The van der Waals surface area contributed by atoms with Gasteiger partial charge in [-0.05, 0) is 51.6 Å². The largest absolute Gasteiger partial charge is 0.481 e. The maximum absolute atomic E-state index is 12.2. The molecule has 1 N–H and O–H groups in total. The van der Waals surface area contributed by atoms with E-state index in [1.165, 1.54) is 19.4 Å². The highest BCUT2D eigenvalue weighted by molar-refractivity contribution is 5.76. The van der Waals surface area contributed by atoms with Crippen LogP contribution in [0.2, 0.25) is 0 Å². The van der Waals surface area contributed by atoms with Crippen molar-refractivity contribution in [2.24, 2.45) is 5.92 Å². The Balaban J connectivity index is 1.73. The number of rotatable bonds is 5. The first-order valence-corrected chi connectivity index (χ1v) is 7.77. The summed E-state index contributed by atoms with van der Waals surface area (Å²) in [4.78, 5) is 27.0. The number of nitrogens with zero attached hydrogens (tertiary/aromatic N) is 2. The molecular formula is C15H26N2O3. The number of aliphatic carboxylic acids is 1. The SMILES string of the molecule is CN1CCCC2CN(C(=O)CCCCC(=O)O)CCC21. The van der Waals surface area contributed by atoms with Crippen molar-refractivity contribution >= 4 is 11.9 Å². The molecule has 2 heterocycles. The van der Waals surface area contributed by atoms with Gasteiger partial charge in [0.2, 0.25) is 5.91 Å². The van der Waals surface area contributed by atoms with E-state index in [0.717, 1.165) is 19.5 Å². The molecule has 0 aromatic carbocycles. The summed E-state index contributed by atoms with van der Waals surface area (Å²) >= 11 is 0. The Bertz CT molecular complexity index is 359. The van der Waals surface area contributed by atoms with Crippen molar-refractivity contribution in [2.75, 3.05) is 26.7 Å². The van der Waals surface area contributed by atoms with E-state index in [4.69, 9.17) is 5.11 Å². The van der Waals surface area contributed by atoms with Crippen LogP contribution in [0.5, 0.6) is 0 Å². The van der Waals surface area contributed by atoms with Crippen LogP contribution in [0, 0.1) is 5.92 Å². The van der Waals surface area contributed by atoms with Crippen LogP contribution in [0.1, 0.15) is 44.9 Å². The molecule has 1 amide bonds. The van der Waals surface area contributed by atoms with Gasteiger partial charge in [-0.25, -0.2) is 0 Å². The molecule has 5 heteroatoms. The summed E-state index contributed by atoms with van der Waals surface area (Å²) in [5.74, 6) is 0.0658. The number of unbranched alkanes of at least 4 members (excludes halogenated alkanes) is 1. The first-order valence-electron chi connectivity index (χ1n) is 7.77. The number of carbonyl (C=O) groups excluding carboxylic acids is 1. The number of fused-ring (bicyclic) bond motifs is 1. The van der Waals surface area contributed by atoms with Gasteiger partial charge in [0.15, 0.2) is 0 Å². The molecule has 5 nitrogen and oxygen atoms in total. The van der Waals surface area contributed by atoms with Gasteiger partial charge in [0.25, 0.3) is 0 Å². The van der Waals surface area contributed by atoms with E-state index in [2.05, 4.69) is 11.9 Å². The van der Waals surface area contributed by atoms with Gasteiger partial charge in [-0.1, -0.05) is 0 Å². The molecular weight excluding hydrogens is 256 g/mol. The highest BCUT2D eigenvalue weighted by Crippen LogP contribution is 2.29. The third-order valence-electron chi connectivity index (χ3n) is 4.73. The normalized spacial score (nSPS) is 27.1. The summed E-state index contributed by atoms with van der Waals surface area (Å²) in [5, 5.41) is 8.58. The van der Waals surface area contributed by atoms with Gasteiger partial charge in [-0.2, -0.15) is 0 Å². The van der Waals surface area contributed by atoms with Gasteiger partial charge in [0.05, 0.1) is 0 Å². The number of carboxylic acids is 1. The molecule has 0 aliphatic carbocycles. The summed E-state index contributed by atoms with van der Waals surface area (Å²) in [6.45, 7) is 2.94. The van der Waals surface area contributed by atoms with Gasteiger partial charge in [-0.3, -0.25) is 9.59 Å². The number of hydrogen-bond donors (Lipinski definition) is 1. The fourth-order valence-electron chi connectivity index (χ4n) is 3.59. The molecule has 2 rings (SSSR count). The van der Waals surface area contributed by atoms with Crippen molar-refractivity contribution in [1.82, 2.24) is 9.80 Å². The van der Waals surface area contributed by atoms with Gasteiger partial charge in [0.1, 0.15) is 0 Å². The predicted octanol–water partition coefficient (Wildman–Crippen LogP) is 1.57. The molecule has 114 valence electrons. The lowest BCUT2D eigenvalue weighted by Gasteiger charge is -2.46. The van der Waals surface area contributed by atoms with Gasteiger partial charge in [-0.15, -0.1) is 0 Å². The van der Waals surface area contributed by atoms with E-state index >= 15 is 0 Å². The lowest BCUT2D eigenvalue weighted by Crippen LogP contribution is -2.53. The molecule has 0 bridgehead atoms. The van der Waals surface area contributed by atoms with Crippen molar-refractivity contribution in [3.8, 4) is 0 Å². The Morgan fingerprint density at radius 3 is 2.65 bits per heavy atom. The summed E-state index contributed by atoms with van der Waals surface area (Å²) in [6.07, 6.45) is 5.51. The smallest absolute Gasteiger partial charge is 0.303 e. The predicted molar refractivity (Wildman–Crippen MR) is 76.4 cm³/mol. The second-order valence-electron chi connectivity index (χ2n) is 6.18. The Kier molecular flexibility index (Phi) is 5.40. The number of carboxylic acid groups (broad SMARTS) is 1. The summed E-state index contributed by atoms with van der Waals surface area (Å²) in [5.41, 5.74) is 0. The third kappa shape index (κ3) is 3.95. The molecule has 0 aromatic heterocycles. The highest BCUT2D eigenvalue weighted by Gasteiger charge is 2.35. The summed E-state index contributed by atoms with van der Waals surface area (Å²) in [6, 6.07) is 0.653. The van der Waals surface area contributed by atoms with Crippen molar-refractivity contribution in [1.29, 1.82) is 0 Å². The third-order valence-corrected chi connectivity index (χ3v) is 4.73. The molecule has 20 heavy (non-hydrogen) atoms. The van der Waals surface area contributed by atoms with Gasteiger partial charge >= 0.3 is 5.97 Å². The first kappa shape index (κ1) is 15.3. The van der Waals surface area contributed by atoms with Gasteiger partial charge in [0, 0.05) is 32.0 Å². The van der Waals surface area contributed by atoms with Crippen LogP contribution in [-0.2, 0) is 9.59 Å². The van der Waals surface area contributed by atoms with Crippen LogP contribution in [0.4, 0.5) is 0 Å². The van der Waals surface area contributed by atoms with E-state index in [9.17, 15) is 9.59 Å². The maximum Gasteiger partial charge on any atom is 0.303 e. The zero-order valence-electron chi connectivity index (χ0n) is 12.4. The minimum Gasteiger partial charge on any atom is -0.481 e. The van der Waals surface area contributed by atoms with Crippen molar-refractivity contribution in [3.63, 3.8) is 0 Å². The van der Waals surface area contributed by atoms with E-state index in [1.54, 1.807) is 0 Å². The highest BCUT2D eigenvalue weighted by atomic mass is 16.4. The van der Waals surface area contributed by atoms with Crippen molar-refractivity contribution in [3.05, 3.63) is 0 Å². The van der Waals surface area contributed by atoms with E-state index in [0.29, 0.717) is 31.2 Å². The van der Waals surface area contributed by atoms with E-state index < -0.39 is 5.97 Å². The molecule has 2 saturated heterocycles. The van der Waals surface area contributed by atoms with Crippen molar-refractivity contribution in [2.45, 2.75) is 51.0 Å². The molecule has 2 aliphatic rings. The fraction of sp³-hybridized carbons (Fsp3) is 0.867. The van der Waals surface area contributed by atoms with E-state index in [1.807, 2.05) is 4.90 Å². The molecule has 0 radical (unpaired) electrons. The van der Waals surface area contributed by atoms with Gasteiger partial charge < -0.3 is 14.9 Å². The number of likely N-dealkylation sites (tertiary alicyclic amines) is 2. The molecule has 2 atom stereocenters. The monoisotopic (exact) mass is 282 g/mol. The zero-order valence-corrected chi connectivity index (χ0v) is 12.4. The van der Waals surface area contributed by atoms with Crippen LogP contribution in [0.3, 0.4) is 0 Å². The molecule has 2 aliphatic heterocycles. The first-order chi connectivity index (χ1) is 9.58. The van der Waals surface area contributed by atoms with Crippen molar-refractivity contribution < 1.29 is 14.7 Å². The Morgan fingerprint density at radius 2 is 1.90 bits per heavy atom. The summed E-state index contributed by atoms with van der Waals surface area (Å²) < 4.78 is 0.